The van der Waals surface area contributed by atoms with Gasteiger partial charge in [0.25, 0.3) is 0 Å². The Morgan fingerprint density at radius 2 is 0.933 bits per heavy atom. The third kappa shape index (κ3) is 19.1. The van der Waals surface area contributed by atoms with Crippen LogP contribution in [0.3, 0.4) is 0 Å². The molecule has 9 saturated heterocycles. The lowest BCUT2D eigenvalue weighted by molar-refractivity contribution is -0.984. The second-order valence-electron chi connectivity index (χ2n) is 40.4. The van der Waals surface area contributed by atoms with Gasteiger partial charge < -0.3 is 22.8 Å². The van der Waals surface area contributed by atoms with E-state index >= 15 is 0 Å². The number of likely N-dealkylation sites (N-methyl/N-ethyl adjacent to an activating group) is 3. The SMILES string of the molecule is CC(C)C1CC2CCC(C1)[N+]2(C)C(C)C.CC(C)N1CC2CCC(C1)[N+]2(C)C(C)C.CC(C)N1CC2CCC1C[N+]2(C)C(C)C.CC(C)N1CC2CCCC(C1)[N+]2(C)C(C)C.CC(C)N1CCC[n+]2ccn(C(C)C)c21.CC(C)N1CCc2c1[nH]c[n+]2C(C)C.CC(C)N1Cc2cc[n+](C(C)C)cc2C1. The van der Waals surface area contributed by atoms with Crippen LogP contribution in [0.15, 0.2) is 37.2 Å². The number of piperidine rings is 4. The Kier molecular flexibility index (Phi) is 30.4. The number of aryl methyl sites for hydroxylation is 1. The Labute approximate surface area is 649 Å². The number of aromatic nitrogens is 5. The van der Waals surface area contributed by atoms with Gasteiger partial charge in [-0.05, 0) is 210 Å². The molecular formula is C90H174N15+7. The zero-order valence-electron chi connectivity index (χ0n) is 75.0. The maximum atomic E-state index is 3.39. The summed E-state index contributed by atoms with van der Waals surface area (Å²) in [4.78, 5) is 19.0. The van der Waals surface area contributed by atoms with Crippen LogP contribution >= 0.6 is 0 Å². The highest BCUT2D eigenvalue weighted by Gasteiger charge is 2.56. The topological polar surface area (TPSA) is 51.8 Å². The summed E-state index contributed by atoms with van der Waals surface area (Å²) in [6, 6.07) is 18.4. The molecule has 0 aromatic carbocycles. The van der Waals surface area contributed by atoms with Crippen molar-refractivity contribution in [1.29, 1.82) is 0 Å². The first kappa shape index (κ1) is 87.4. The number of imidazole rings is 2. The molecule has 15 heteroatoms. The van der Waals surface area contributed by atoms with Crippen LogP contribution in [0.5, 0.6) is 0 Å². The van der Waals surface area contributed by atoms with E-state index in [4.69, 9.17) is 0 Å². The van der Waals surface area contributed by atoms with Crippen molar-refractivity contribution in [2.75, 3.05) is 90.3 Å². The average Bonchev–Trinajstić information content (AvgIpc) is 1.65. The Balaban J connectivity index is 0.000000155. The smallest absolute Gasteiger partial charge is 0.333 e. The molecule has 602 valence electrons. The molecule has 0 radical (unpaired) electrons. The molecule has 1 N–H and O–H groups in total. The minimum absolute atomic E-state index is 0.542. The molecule has 8 bridgehead atoms. The summed E-state index contributed by atoms with van der Waals surface area (Å²) < 4.78 is 14.8. The number of hydrogen-bond donors (Lipinski definition) is 1. The predicted octanol–water partition coefficient (Wildman–Crippen LogP) is 16.0. The van der Waals surface area contributed by atoms with Crippen molar-refractivity contribution in [3.8, 4) is 0 Å². The molecule has 12 aliphatic rings. The summed E-state index contributed by atoms with van der Waals surface area (Å²) in [5, 5.41) is 0. The molecule has 0 spiro atoms. The highest BCUT2D eigenvalue weighted by Crippen LogP contribution is 2.48. The second-order valence-corrected chi connectivity index (χ2v) is 40.4. The number of nitrogens with one attached hydrogen (secondary N) is 1. The molecular weight excluding hydrogens is 1290 g/mol. The third-order valence-electron chi connectivity index (χ3n) is 30.5. The van der Waals surface area contributed by atoms with Gasteiger partial charge in [0.1, 0.15) is 30.2 Å². The molecule has 12 aliphatic heterocycles. The fraction of sp³-hybridized carbons (Fsp3) is 0.878. The van der Waals surface area contributed by atoms with E-state index in [1.54, 1.807) is 0 Å². The van der Waals surface area contributed by atoms with E-state index < -0.39 is 0 Å². The lowest BCUT2D eigenvalue weighted by Gasteiger charge is -2.59. The summed E-state index contributed by atoms with van der Waals surface area (Å²) >= 11 is 0. The van der Waals surface area contributed by atoms with Crippen LogP contribution in [-0.4, -0.2) is 236 Å². The third-order valence-corrected chi connectivity index (χ3v) is 30.5. The van der Waals surface area contributed by atoms with E-state index in [0.717, 1.165) is 129 Å². The molecule has 9 atom stereocenters. The summed E-state index contributed by atoms with van der Waals surface area (Å²) in [6.45, 7) is 78.8. The number of rotatable bonds is 14. The van der Waals surface area contributed by atoms with Gasteiger partial charge in [-0.2, -0.15) is 0 Å². The zero-order valence-corrected chi connectivity index (χ0v) is 75.0. The highest BCUT2D eigenvalue weighted by atomic mass is 15.5. The van der Waals surface area contributed by atoms with Gasteiger partial charge in [0.05, 0.1) is 153 Å². The minimum atomic E-state index is 0.542. The van der Waals surface area contributed by atoms with Gasteiger partial charge in [-0.1, -0.05) is 13.8 Å². The number of fused-ring (bicyclic) bond motifs is 12. The number of aromatic amines is 1. The fourth-order valence-corrected chi connectivity index (χ4v) is 21.8. The van der Waals surface area contributed by atoms with E-state index in [0.29, 0.717) is 36.3 Å². The quantitative estimate of drug-likeness (QED) is 0.128. The zero-order chi connectivity index (χ0) is 77.9. The number of piperazine rings is 3. The number of likely N-dealkylation sites (tertiary alicyclic amines) is 2. The average molecular weight is 1470 g/mol. The van der Waals surface area contributed by atoms with Crippen molar-refractivity contribution in [1.82, 2.24) is 29.2 Å². The van der Waals surface area contributed by atoms with Gasteiger partial charge in [-0.15, -0.1) is 0 Å². The van der Waals surface area contributed by atoms with Gasteiger partial charge in [-0.3, -0.25) is 24.5 Å². The van der Waals surface area contributed by atoms with E-state index in [9.17, 15) is 0 Å². The van der Waals surface area contributed by atoms with Crippen molar-refractivity contribution in [2.45, 2.75) is 424 Å². The standard InChI is InChI=1S/C14H29N2.C14H28N.2C13H27N2.C13H21N2.C12H22N3.C11H19N3/c1-11(2)15-9-13-7-6-8-14(10-15)16(13,5)12(3)4;1-10(2)12-8-13-6-7-14(9-12)15(13,5)11(3)4;1-10(2)14-8-13-7-6-12(14)9-15(13,5)11(3)4;1-10(2)14-8-12-6-7-13(9-14)15(12,5)11(3)4;1-10(2)14-6-5-12-7-15(11(3)4)9-13(12)8-14;1-10(2)14-7-5-6-13-8-9-15(11(3)4)12(13)14;1-8(2)13-6-5-10-11(13)12-7-14(10)9(3)4/h11-14H,6-10H2,1-5H3;10-14H,6-9H2,1-5H3;2*10-13H,6-9H2,1-5H3;5-6,8,10-11H,7,9H2,1-4H3;8-11H,5-7H2,1-4H3;7-9H,5-6H2,1-4H3/q6*+1;/p+1. The first-order valence-electron chi connectivity index (χ1n) is 44.3. The van der Waals surface area contributed by atoms with E-state index in [2.05, 4.69) is 312 Å². The summed E-state index contributed by atoms with van der Waals surface area (Å²) in [6.07, 6.45) is 29.5. The van der Waals surface area contributed by atoms with Crippen molar-refractivity contribution in [3.05, 3.63) is 54.0 Å². The lowest BCUT2D eigenvalue weighted by Crippen LogP contribution is -2.73. The van der Waals surface area contributed by atoms with Gasteiger partial charge in [0.15, 0.2) is 24.1 Å². The second kappa shape index (κ2) is 36.6. The minimum Gasteiger partial charge on any atom is -0.333 e. The number of H-pyrrole nitrogens is 1. The first-order chi connectivity index (χ1) is 49.1. The molecule has 3 aromatic heterocycles. The van der Waals surface area contributed by atoms with Gasteiger partial charge in [-0.25, -0.2) is 23.3 Å². The van der Waals surface area contributed by atoms with Crippen LogP contribution in [0.25, 0.3) is 0 Å². The Morgan fingerprint density at radius 3 is 1.36 bits per heavy atom. The molecule has 9 fully saturated rings. The Hall–Kier alpha value is -3.15. The number of pyridine rings is 1. The lowest BCUT2D eigenvalue weighted by atomic mass is 9.81. The Bertz CT molecular complexity index is 3010. The molecule has 15 rings (SSSR count). The first-order valence-corrected chi connectivity index (χ1v) is 44.3. The molecule has 105 heavy (non-hydrogen) atoms. The van der Waals surface area contributed by atoms with Gasteiger partial charge >= 0.3 is 5.95 Å². The number of nitrogens with zero attached hydrogens (tertiary/aromatic N) is 14. The van der Waals surface area contributed by atoms with E-state index in [1.165, 1.54) is 176 Å². The largest absolute Gasteiger partial charge is 0.360 e. The summed E-state index contributed by atoms with van der Waals surface area (Å²) in [5.41, 5.74) is 4.47. The molecule has 0 aliphatic carbocycles. The van der Waals surface area contributed by atoms with Crippen molar-refractivity contribution >= 4 is 11.8 Å². The Morgan fingerprint density at radius 1 is 0.448 bits per heavy atom. The van der Waals surface area contributed by atoms with E-state index in [-0.39, 0.29) is 0 Å². The van der Waals surface area contributed by atoms with Crippen LogP contribution < -0.4 is 23.5 Å². The van der Waals surface area contributed by atoms with Gasteiger partial charge in [0, 0.05) is 132 Å². The van der Waals surface area contributed by atoms with Gasteiger partial charge in [0.2, 0.25) is 12.1 Å². The van der Waals surface area contributed by atoms with E-state index in [1.807, 2.05) is 0 Å². The molecule has 15 nitrogen and oxygen atoms in total. The maximum absolute atomic E-state index is 3.39. The number of anilines is 2. The van der Waals surface area contributed by atoms with Crippen LogP contribution in [0, 0.1) is 11.8 Å². The molecule has 0 saturated carbocycles. The summed E-state index contributed by atoms with van der Waals surface area (Å²) in [7, 11) is 9.99. The maximum Gasteiger partial charge on any atom is 0.360 e. The normalized spacial score (nSPS) is 31.4. The van der Waals surface area contributed by atoms with Crippen molar-refractivity contribution < 1.29 is 31.6 Å². The predicted molar refractivity (Wildman–Crippen MR) is 446 cm³/mol. The van der Waals surface area contributed by atoms with Crippen LogP contribution in [0.1, 0.15) is 306 Å². The number of quaternary nitrogens is 4. The molecule has 3 aromatic rings. The van der Waals surface area contributed by atoms with Crippen LogP contribution in [0.4, 0.5) is 11.8 Å². The van der Waals surface area contributed by atoms with Crippen molar-refractivity contribution in [3.63, 3.8) is 0 Å². The van der Waals surface area contributed by atoms with Crippen LogP contribution in [0.2, 0.25) is 0 Å². The number of hydrogen-bond acceptors (Lipinski definition) is 6. The fourth-order valence-electron chi connectivity index (χ4n) is 21.8. The van der Waals surface area contributed by atoms with Crippen LogP contribution in [-0.2, 0) is 26.1 Å². The summed E-state index contributed by atoms with van der Waals surface area (Å²) in [5.74, 6) is 4.61. The van der Waals surface area contributed by atoms with Crippen molar-refractivity contribution in [2.24, 2.45) is 11.8 Å². The monoisotopic (exact) mass is 1470 g/mol. The molecule has 0 amide bonds. The highest BCUT2D eigenvalue weighted by molar-refractivity contribution is 5.47. The molecule has 9 unspecified atom stereocenters. The molecule has 15 heterocycles.